The van der Waals surface area contributed by atoms with Gasteiger partial charge in [0, 0.05) is 18.0 Å². The monoisotopic (exact) mass is 215 g/mol. The van der Waals surface area contributed by atoms with Gasteiger partial charge < -0.3 is 5.32 Å². The molecule has 0 fully saturated rings. The van der Waals surface area contributed by atoms with Crippen LogP contribution in [0.5, 0.6) is 0 Å². The predicted octanol–water partition coefficient (Wildman–Crippen LogP) is 2.78. The van der Waals surface area contributed by atoms with E-state index in [1.54, 1.807) is 12.1 Å². The van der Waals surface area contributed by atoms with Gasteiger partial charge in [-0.1, -0.05) is 6.07 Å². The second-order valence-corrected chi connectivity index (χ2v) is 3.23. The molecule has 0 saturated carbocycles. The van der Waals surface area contributed by atoms with Crippen molar-refractivity contribution in [3.05, 3.63) is 30.1 Å². The highest BCUT2D eigenvalue weighted by Gasteiger charge is 2.01. The fourth-order valence-electron chi connectivity index (χ4n) is 1.02. The molecule has 2 nitrogen and oxygen atoms in total. The molecule has 1 amide bonds. The Labute approximate surface area is 87.1 Å². The Balaban J connectivity index is 2.47. The summed E-state index contributed by atoms with van der Waals surface area (Å²) in [5.41, 5.74) is 0.476. The lowest BCUT2D eigenvalue weighted by Crippen LogP contribution is -2.11. The Morgan fingerprint density at radius 3 is 2.93 bits per heavy atom. The first kappa shape index (κ1) is 11.0. The Hall–Kier alpha value is -1.09. The fourth-order valence-corrected chi connectivity index (χ4v) is 1.15. The number of halogens is 2. The van der Waals surface area contributed by atoms with Gasteiger partial charge in [-0.15, -0.1) is 11.6 Å². The highest BCUT2D eigenvalue weighted by Crippen LogP contribution is 2.09. The average molecular weight is 216 g/mol. The molecule has 14 heavy (non-hydrogen) atoms. The molecule has 1 N–H and O–H groups in total. The number of carbonyl (C=O) groups is 1. The first-order valence-corrected chi connectivity index (χ1v) is 4.87. The minimum Gasteiger partial charge on any atom is -0.326 e. The van der Waals surface area contributed by atoms with Crippen molar-refractivity contribution >= 4 is 23.2 Å². The van der Waals surface area contributed by atoms with E-state index in [1.165, 1.54) is 12.1 Å². The van der Waals surface area contributed by atoms with Crippen molar-refractivity contribution in [2.75, 3.05) is 11.2 Å². The smallest absolute Gasteiger partial charge is 0.224 e. The number of alkyl halides is 1. The molecule has 0 spiro atoms. The summed E-state index contributed by atoms with van der Waals surface area (Å²) >= 11 is 5.43. The standard InChI is InChI=1S/C10H11ClFNO/c11-6-2-5-10(14)13-9-4-1-3-8(12)7-9/h1,3-4,7H,2,5-6H2,(H,13,14). The summed E-state index contributed by atoms with van der Waals surface area (Å²) < 4.78 is 12.7. The third-order valence-corrected chi connectivity index (χ3v) is 1.91. The van der Waals surface area contributed by atoms with E-state index in [1.807, 2.05) is 0 Å². The first-order chi connectivity index (χ1) is 6.72. The van der Waals surface area contributed by atoms with Crippen molar-refractivity contribution in [3.8, 4) is 0 Å². The minimum atomic E-state index is -0.361. The first-order valence-electron chi connectivity index (χ1n) is 4.34. The van der Waals surface area contributed by atoms with E-state index in [-0.39, 0.29) is 11.7 Å². The largest absolute Gasteiger partial charge is 0.326 e. The molecule has 0 aromatic heterocycles. The Kier molecular flexibility index (Phi) is 4.40. The van der Waals surface area contributed by atoms with Gasteiger partial charge in [-0.3, -0.25) is 4.79 Å². The molecule has 1 rings (SSSR count). The number of rotatable bonds is 4. The van der Waals surface area contributed by atoms with Crippen molar-refractivity contribution < 1.29 is 9.18 Å². The molecule has 0 atom stereocenters. The molecule has 0 saturated heterocycles. The van der Waals surface area contributed by atoms with Crippen LogP contribution in [0.3, 0.4) is 0 Å². The van der Waals surface area contributed by atoms with E-state index in [2.05, 4.69) is 5.32 Å². The normalized spacial score (nSPS) is 9.86. The van der Waals surface area contributed by atoms with Crippen molar-refractivity contribution in [3.63, 3.8) is 0 Å². The van der Waals surface area contributed by atoms with Gasteiger partial charge in [0.2, 0.25) is 5.91 Å². The molecule has 1 aromatic carbocycles. The third-order valence-electron chi connectivity index (χ3n) is 1.65. The number of anilines is 1. The molecule has 4 heteroatoms. The van der Waals surface area contributed by atoms with E-state index in [9.17, 15) is 9.18 Å². The third kappa shape index (κ3) is 3.75. The van der Waals surface area contributed by atoms with E-state index < -0.39 is 0 Å². The van der Waals surface area contributed by atoms with E-state index in [0.29, 0.717) is 24.4 Å². The van der Waals surface area contributed by atoms with Gasteiger partial charge in [0.05, 0.1) is 0 Å². The summed E-state index contributed by atoms with van der Waals surface area (Å²) in [6.07, 6.45) is 0.989. The van der Waals surface area contributed by atoms with Crippen LogP contribution < -0.4 is 5.32 Å². The van der Waals surface area contributed by atoms with Crippen LogP contribution in [0.25, 0.3) is 0 Å². The zero-order valence-electron chi connectivity index (χ0n) is 7.59. The van der Waals surface area contributed by atoms with Crippen LogP contribution in [0, 0.1) is 5.82 Å². The molecule has 0 radical (unpaired) electrons. The van der Waals surface area contributed by atoms with Gasteiger partial charge in [-0.05, 0) is 24.6 Å². The van der Waals surface area contributed by atoms with Crippen LogP contribution >= 0.6 is 11.6 Å². The maximum atomic E-state index is 12.7. The number of nitrogens with one attached hydrogen (secondary N) is 1. The quantitative estimate of drug-likeness (QED) is 0.769. The van der Waals surface area contributed by atoms with Crippen LogP contribution in [0.4, 0.5) is 10.1 Å². The van der Waals surface area contributed by atoms with Crippen LogP contribution in [0.2, 0.25) is 0 Å². The number of carbonyl (C=O) groups excluding carboxylic acids is 1. The summed E-state index contributed by atoms with van der Waals surface area (Å²) in [6, 6.07) is 5.79. The molecular weight excluding hydrogens is 205 g/mol. The summed E-state index contributed by atoms with van der Waals surface area (Å²) in [6.45, 7) is 0. The fraction of sp³-hybridized carbons (Fsp3) is 0.300. The van der Waals surface area contributed by atoms with E-state index in [0.717, 1.165) is 0 Å². The lowest BCUT2D eigenvalue weighted by molar-refractivity contribution is -0.116. The van der Waals surface area contributed by atoms with Gasteiger partial charge in [-0.2, -0.15) is 0 Å². The van der Waals surface area contributed by atoms with Gasteiger partial charge >= 0.3 is 0 Å². The maximum Gasteiger partial charge on any atom is 0.224 e. The lowest BCUT2D eigenvalue weighted by Gasteiger charge is -2.03. The molecule has 0 aliphatic heterocycles. The van der Waals surface area contributed by atoms with Crippen LogP contribution in [-0.4, -0.2) is 11.8 Å². The van der Waals surface area contributed by atoms with Crippen molar-refractivity contribution in [1.29, 1.82) is 0 Å². The van der Waals surface area contributed by atoms with Crippen molar-refractivity contribution in [2.24, 2.45) is 0 Å². The van der Waals surface area contributed by atoms with E-state index in [4.69, 9.17) is 11.6 Å². The van der Waals surface area contributed by atoms with Gasteiger partial charge in [0.1, 0.15) is 5.82 Å². The lowest BCUT2D eigenvalue weighted by atomic mass is 10.3. The second-order valence-electron chi connectivity index (χ2n) is 2.85. The van der Waals surface area contributed by atoms with Gasteiger partial charge in [-0.25, -0.2) is 4.39 Å². The predicted molar refractivity (Wildman–Crippen MR) is 55.0 cm³/mol. The zero-order chi connectivity index (χ0) is 10.4. The van der Waals surface area contributed by atoms with Crippen LogP contribution in [0.15, 0.2) is 24.3 Å². The Morgan fingerprint density at radius 1 is 1.50 bits per heavy atom. The molecule has 0 aliphatic rings. The highest BCUT2D eigenvalue weighted by molar-refractivity contribution is 6.18. The van der Waals surface area contributed by atoms with Crippen LogP contribution in [0.1, 0.15) is 12.8 Å². The minimum absolute atomic E-state index is 0.142. The number of hydrogen-bond donors (Lipinski definition) is 1. The molecule has 0 aliphatic carbocycles. The zero-order valence-corrected chi connectivity index (χ0v) is 8.35. The number of benzene rings is 1. The summed E-state index contributed by atoms with van der Waals surface area (Å²) in [4.78, 5) is 11.2. The Morgan fingerprint density at radius 2 is 2.29 bits per heavy atom. The van der Waals surface area contributed by atoms with Crippen LogP contribution in [-0.2, 0) is 4.79 Å². The summed E-state index contributed by atoms with van der Waals surface area (Å²) in [5.74, 6) is -0.0484. The summed E-state index contributed by atoms with van der Waals surface area (Å²) in [5, 5.41) is 2.58. The van der Waals surface area contributed by atoms with Crippen molar-refractivity contribution in [1.82, 2.24) is 0 Å². The second kappa shape index (κ2) is 5.60. The highest BCUT2D eigenvalue weighted by atomic mass is 35.5. The Bertz CT molecular complexity index is 317. The molecule has 76 valence electrons. The molecule has 0 unspecified atom stereocenters. The van der Waals surface area contributed by atoms with Crippen molar-refractivity contribution in [2.45, 2.75) is 12.8 Å². The van der Waals surface area contributed by atoms with E-state index >= 15 is 0 Å². The molecular formula is C10H11ClFNO. The van der Waals surface area contributed by atoms with Gasteiger partial charge in [0.25, 0.3) is 0 Å². The summed E-state index contributed by atoms with van der Waals surface area (Å²) in [7, 11) is 0. The SMILES string of the molecule is O=C(CCCCl)Nc1cccc(F)c1. The number of amides is 1. The maximum absolute atomic E-state index is 12.7. The number of hydrogen-bond acceptors (Lipinski definition) is 1. The topological polar surface area (TPSA) is 29.1 Å². The molecule has 0 heterocycles. The molecule has 1 aromatic rings. The van der Waals surface area contributed by atoms with Gasteiger partial charge in [0.15, 0.2) is 0 Å². The average Bonchev–Trinajstić information content (AvgIpc) is 2.15. The molecule has 0 bridgehead atoms.